The number of ether oxygens (including phenoxy) is 2. The van der Waals surface area contributed by atoms with Crippen molar-refractivity contribution in [3.63, 3.8) is 0 Å². The third-order valence-electron chi connectivity index (χ3n) is 2.50. The molecule has 0 aromatic heterocycles. The van der Waals surface area contributed by atoms with Gasteiger partial charge in [-0.1, -0.05) is 0 Å². The molecule has 0 heterocycles. The Morgan fingerprint density at radius 1 is 0.650 bits per heavy atom. The second-order valence-electron chi connectivity index (χ2n) is 3.98. The number of rotatable bonds is 7. The van der Waals surface area contributed by atoms with Crippen LogP contribution in [0.5, 0.6) is 11.5 Å². The van der Waals surface area contributed by atoms with Gasteiger partial charge in [0.15, 0.2) is 0 Å². The number of hydrogen-bond donors (Lipinski definition) is 0. The average Bonchev–Trinajstić information content (AvgIpc) is 2.49. The monoisotopic (exact) mass is 502 g/mol. The Morgan fingerprint density at radius 2 is 1.00 bits per heavy atom. The first-order valence-electron chi connectivity index (χ1n) is 6.62. The SMILES string of the molecule is CCOc1ccc([Te][Te]c2ccc(OCC)cc2)cc1. The maximum atomic E-state index is 5.47. The zero-order valence-electron chi connectivity index (χ0n) is 11.7. The molecule has 0 spiro atoms. The summed E-state index contributed by atoms with van der Waals surface area (Å²) in [6.07, 6.45) is 0. The number of benzene rings is 2. The summed E-state index contributed by atoms with van der Waals surface area (Å²) < 4.78 is 14.0. The summed E-state index contributed by atoms with van der Waals surface area (Å²) in [5.41, 5.74) is 0. The predicted molar refractivity (Wildman–Crippen MR) is 86.0 cm³/mol. The zero-order chi connectivity index (χ0) is 14.2. The molecule has 0 saturated carbocycles. The van der Waals surface area contributed by atoms with Gasteiger partial charge in [0.1, 0.15) is 0 Å². The minimum atomic E-state index is -0.0465. The molecule has 0 unspecified atom stereocenters. The van der Waals surface area contributed by atoms with E-state index in [1.807, 2.05) is 13.8 Å². The Labute approximate surface area is 137 Å². The normalized spacial score (nSPS) is 10.3. The van der Waals surface area contributed by atoms with Crippen LogP contribution in [0.4, 0.5) is 0 Å². The van der Waals surface area contributed by atoms with Gasteiger partial charge in [0.25, 0.3) is 0 Å². The van der Waals surface area contributed by atoms with Crippen molar-refractivity contribution in [3.05, 3.63) is 48.5 Å². The van der Waals surface area contributed by atoms with Gasteiger partial charge in [0.2, 0.25) is 0 Å². The molecule has 2 nitrogen and oxygen atoms in total. The molecular formula is C16H18O2Te2. The molecule has 0 aliphatic rings. The quantitative estimate of drug-likeness (QED) is 0.543. The summed E-state index contributed by atoms with van der Waals surface area (Å²) in [6.45, 7) is 5.49. The third-order valence-corrected chi connectivity index (χ3v) is 14.4. The third kappa shape index (κ3) is 5.19. The standard InChI is InChI=1S/C16H18O2Te2/c1-3-17-13-5-9-15(10-6-13)19-20-16-11-7-14(8-12-16)18-4-2/h5-12H,3-4H2,1-2H3. The maximum absolute atomic E-state index is 5.47. The first-order valence-corrected chi connectivity index (χ1v) is 16.3. The van der Waals surface area contributed by atoms with Crippen LogP contribution >= 0.6 is 0 Å². The molecular weight excluding hydrogens is 479 g/mol. The average molecular weight is 498 g/mol. The molecule has 0 bridgehead atoms. The van der Waals surface area contributed by atoms with E-state index < -0.39 is 0 Å². The van der Waals surface area contributed by atoms with E-state index in [9.17, 15) is 0 Å². The van der Waals surface area contributed by atoms with Gasteiger partial charge in [0, 0.05) is 0 Å². The molecule has 0 aliphatic carbocycles. The van der Waals surface area contributed by atoms with Gasteiger partial charge in [0.05, 0.1) is 0 Å². The topological polar surface area (TPSA) is 18.5 Å². The van der Waals surface area contributed by atoms with E-state index in [4.69, 9.17) is 9.47 Å². The van der Waals surface area contributed by atoms with Gasteiger partial charge in [-0.2, -0.15) is 0 Å². The van der Waals surface area contributed by atoms with Crippen LogP contribution in [-0.4, -0.2) is 47.3 Å². The first kappa shape index (κ1) is 16.0. The van der Waals surface area contributed by atoms with Gasteiger partial charge in [-0.15, -0.1) is 0 Å². The van der Waals surface area contributed by atoms with Crippen molar-refractivity contribution < 1.29 is 9.47 Å². The molecule has 106 valence electrons. The van der Waals surface area contributed by atoms with Gasteiger partial charge in [-0.05, 0) is 0 Å². The van der Waals surface area contributed by atoms with Gasteiger partial charge < -0.3 is 0 Å². The molecule has 0 saturated heterocycles. The molecule has 2 aromatic rings. The molecule has 4 heteroatoms. The zero-order valence-corrected chi connectivity index (χ0v) is 16.3. The molecule has 0 atom stereocenters. The fourth-order valence-corrected chi connectivity index (χ4v) is 11.5. The van der Waals surface area contributed by atoms with Crippen molar-refractivity contribution in [3.8, 4) is 11.5 Å². The summed E-state index contributed by atoms with van der Waals surface area (Å²) >= 11 is -0.0929. The van der Waals surface area contributed by atoms with Crippen LogP contribution in [0.1, 0.15) is 13.8 Å². The Hall–Kier alpha value is -0.381. The molecule has 0 fully saturated rings. The molecule has 2 aromatic carbocycles. The van der Waals surface area contributed by atoms with Crippen molar-refractivity contribution in [1.29, 1.82) is 0 Å². The predicted octanol–water partition coefficient (Wildman–Crippen LogP) is 1.76. The molecule has 0 N–H and O–H groups in total. The van der Waals surface area contributed by atoms with Crippen LogP contribution in [0.2, 0.25) is 0 Å². The fourth-order valence-electron chi connectivity index (χ4n) is 1.61. The van der Waals surface area contributed by atoms with Crippen molar-refractivity contribution in [2.24, 2.45) is 0 Å². The fraction of sp³-hybridized carbons (Fsp3) is 0.250. The van der Waals surface area contributed by atoms with Crippen LogP contribution in [0.25, 0.3) is 0 Å². The summed E-state index contributed by atoms with van der Waals surface area (Å²) in [7, 11) is 0. The van der Waals surface area contributed by atoms with Crippen LogP contribution in [0.3, 0.4) is 0 Å². The molecule has 2 rings (SSSR count). The van der Waals surface area contributed by atoms with Crippen molar-refractivity contribution in [1.82, 2.24) is 0 Å². The van der Waals surface area contributed by atoms with Crippen LogP contribution in [0.15, 0.2) is 48.5 Å². The summed E-state index contributed by atoms with van der Waals surface area (Å²) in [6, 6.07) is 17.3. The number of hydrogen-bond acceptors (Lipinski definition) is 2. The van der Waals surface area contributed by atoms with E-state index in [2.05, 4.69) is 48.5 Å². The minimum absolute atomic E-state index is 0.0465. The molecule has 0 radical (unpaired) electrons. The molecule has 0 amide bonds. The Bertz CT molecular complexity index is 460. The summed E-state index contributed by atoms with van der Waals surface area (Å²) in [5, 5.41) is 0. The Balaban J connectivity index is 1.87. The molecule has 0 aliphatic heterocycles. The van der Waals surface area contributed by atoms with Gasteiger partial charge >= 0.3 is 138 Å². The van der Waals surface area contributed by atoms with Gasteiger partial charge in [-0.3, -0.25) is 0 Å². The van der Waals surface area contributed by atoms with E-state index in [0.29, 0.717) is 0 Å². The Morgan fingerprint density at radius 3 is 1.30 bits per heavy atom. The Kier molecular flexibility index (Phi) is 7.04. The van der Waals surface area contributed by atoms with E-state index >= 15 is 0 Å². The summed E-state index contributed by atoms with van der Waals surface area (Å²) in [5.74, 6) is 1.95. The van der Waals surface area contributed by atoms with E-state index in [0.717, 1.165) is 24.7 Å². The van der Waals surface area contributed by atoms with E-state index in [1.54, 1.807) is 0 Å². The molecule has 20 heavy (non-hydrogen) atoms. The van der Waals surface area contributed by atoms with E-state index in [-0.39, 0.29) is 34.1 Å². The van der Waals surface area contributed by atoms with Crippen molar-refractivity contribution in [2.45, 2.75) is 13.8 Å². The van der Waals surface area contributed by atoms with Crippen molar-refractivity contribution in [2.75, 3.05) is 13.2 Å². The van der Waals surface area contributed by atoms with Crippen molar-refractivity contribution >= 4 is 41.3 Å². The second-order valence-corrected chi connectivity index (χ2v) is 14.0. The first-order chi connectivity index (χ1) is 9.81. The second kappa shape index (κ2) is 8.81. The van der Waals surface area contributed by atoms with Crippen LogP contribution in [0, 0.1) is 0 Å². The van der Waals surface area contributed by atoms with Crippen LogP contribution in [-0.2, 0) is 0 Å². The van der Waals surface area contributed by atoms with Gasteiger partial charge in [-0.25, -0.2) is 0 Å². The van der Waals surface area contributed by atoms with E-state index in [1.165, 1.54) is 7.22 Å². The summed E-state index contributed by atoms with van der Waals surface area (Å²) in [4.78, 5) is 0. The van der Waals surface area contributed by atoms with Crippen LogP contribution < -0.4 is 16.7 Å².